The summed E-state index contributed by atoms with van der Waals surface area (Å²) in [5.41, 5.74) is 8.55. The van der Waals surface area contributed by atoms with E-state index in [1.807, 2.05) is 13.8 Å². The van der Waals surface area contributed by atoms with Crippen molar-refractivity contribution in [1.82, 2.24) is 14.5 Å². The van der Waals surface area contributed by atoms with Crippen LogP contribution in [-0.2, 0) is 58.4 Å². The van der Waals surface area contributed by atoms with Crippen LogP contribution in [0.25, 0.3) is 11.1 Å². The van der Waals surface area contributed by atoms with E-state index in [1.165, 1.54) is 11.1 Å². The number of nitrogens with one attached hydrogen (secondary N) is 1. The Labute approximate surface area is 206 Å². The fourth-order valence-corrected chi connectivity index (χ4v) is 6.07. The maximum atomic E-state index is 12.8. The number of nitrogens with zero attached hydrogens (tertiary/aromatic N) is 2. The summed E-state index contributed by atoms with van der Waals surface area (Å²) in [5.74, 6) is -0.549. The number of ether oxygens (including phenoxy) is 1. The summed E-state index contributed by atoms with van der Waals surface area (Å²) in [6.07, 6.45) is 4.49. The van der Waals surface area contributed by atoms with E-state index in [1.54, 1.807) is 10.7 Å². The van der Waals surface area contributed by atoms with Crippen LogP contribution in [0, 0.1) is 6.92 Å². The highest BCUT2D eigenvalue weighted by Gasteiger charge is 2.25. The fourth-order valence-electron chi connectivity index (χ4n) is 5.09. The first kappa shape index (κ1) is 23.8. The molecule has 8 heteroatoms. The number of carbonyl (C=O) groups is 1. The Balaban J connectivity index is 1.36. The normalized spacial score (nSPS) is 15.4. The smallest absolute Gasteiger partial charge is 0.283 e. The molecular weight excluding hydrogens is 462 g/mol. The number of rotatable bonds is 6. The highest BCUT2D eigenvalue weighted by atomic mass is 32.2. The van der Waals surface area contributed by atoms with Crippen LogP contribution >= 0.6 is 0 Å². The minimum Gasteiger partial charge on any atom is -0.376 e. The summed E-state index contributed by atoms with van der Waals surface area (Å²) in [5, 5.41) is 4.13. The summed E-state index contributed by atoms with van der Waals surface area (Å²) in [6, 6.07) is 12.3. The number of aryl methyl sites for hydroxylation is 4. The number of carbonyl (C=O) groups excluding carboxylic acids is 1. The average Bonchev–Trinajstić information content (AvgIpc) is 3.30. The van der Waals surface area contributed by atoms with Gasteiger partial charge in [0.2, 0.25) is 5.91 Å². The molecule has 0 bridgehead atoms. The van der Waals surface area contributed by atoms with Gasteiger partial charge in [-0.3, -0.25) is 9.48 Å². The third kappa shape index (κ3) is 4.90. The largest absolute Gasteiger partial charge is 0.376 e. The first-order chi connectivity index (χ1) is 16.8. The second kappa shape index (κ2) is 9.59. The van der Waals surface area contributed by atoms with Crippen LogP contribution < -0.4 is 4.72 Å². The van der Waals surface area contributed by atoms with Gasteiger partial charge in [-0.25, -0.2) is 4.72 Å². The molecule has 1 aromatic heterocycles. The Morgan fingerprint density at radius 3 is 2.74 bits per heavy atom. The molecule has 0 saturated carbocycles. The Kier molecular flexibility index (Phi) is 6.51. The van der Waals surface area contributed by atoms with Crippen LogP contribution in [0.3, 0.4) is 0 Å². The van der Waals surface area contributed by atoms with Crippen LogP contribution in [-0.4, -0.2) is 30.7 Å². The van der Waals surface area contributed by atoms with Gasteiger partial charge in [0.15, 0.2) is 5.03 Å². The SMILES string of the molecule is CCc1cc(-c2ccc3c(c2)COCC3)cc(C)c1CC(=O)NS(=O)(=O)c1cc2n(n1)CCCC2. The number of benzene rings is 2. The third-order valence-electron chi connectivity index (χ3n) is 7.01. The van der Waals surface area contributed by atoms with Gasteiger partial charge in [0, 0.05) is 18.3 Å². The molecule has 0 fully saturated rings. The number of fused-ring (bicyclic) bond motifs is 2. The fraction of sp³-hybridized carbons (Fsp3) is 0.407. The average molecular weight is 494 g/mol. The minimum atomic E-state index is -4.01. The lowest BCUT2D eigenvalue weighted by molar-refractivity contribution is -0.118. The van der Waals surface area contributed by atoms with Gasteiger partial charge in [-0.05, 0) is 84.0 Å². The van der Waals surface area contributed by atoms with E-state index < -0.39 is 15.9 Å². The van der Waals surface area contributed by atoms with Crippen LogP contribution in [0.4, 0.5) is 0 Å². The van der Waals surface area contributed by atoms with Crippen molar-refractivity contribution in [2.24, 2.45) is 0 Å². The van der Waals surface area contributed by atoms with Gasteiger partial charge in [0.25, 0.3) is 10.0 Å². The van der Waals surface area contributed by atoms with Crippen LogP contribution in [0.5, 0.6) is 0 Å². The monoisotopic (exact) mass is 493 g/mol. The van der Waals surface area contributed by atoms with Gasteiger partial charge in [-0.1, -0.05) is 31.2 Å². The van der Waals surface area contributed by atoms with E-state index in [9.17, 15) is 13.2 Å². The van der Waals surface area contributed by atoms with Crippen molar-refractivity contribution >= 4 is 15.9 Å². The van der Waals surface area contributed by atoms with Crippen molar-refractivity contribution in [3.63, 3.8) is 0 Å². The lowest BCUT2D eigenvalue weighted by atomic mass is 9.90. The predicted molar refractivity (Wildman–Crippen MR) is 134 cm³/mol. The molecule has 1 N–H and O–H groups in total. The van der Waals surface area contributed by atoms with Crippen molar-refractivity contribution < 1.29 is 17.9 Å². The van der Waals surface area contributed by atoms with E-state index in [0.717, 1.165) is 72.2 Å². The molecule has 1 amide bonds. The number of sulfonamides is 1. The first-order valence-corrected chi connectivity index (χ1v) is 13.8. The number of hydrogen-bond acceptors (Lipinski definition) is 5. The molecule has 35 heavy (non-hydrogen) atoms. The molecule has 0 radical (unpaired) electrons. The molecule has 2 aliphatic rings. The molecule has 184 valence electrons. The van der Waals surface area contributed by atoms with E-state index in [-0.39, 0.29) is 11.4 Å². The molecule has 5 rings (SSSR count). The molecule has 0 unspecified atom stereocenters. The van der Waals surface area contributed by atoms with Crippen LogP contribution in [0.2, 0.25) is 0 Å². The maximum absolute atomic E-state index is 12.8. The zero-order chi connectivity index (χ0) is 24.6. The van der Waals surface area contributed by atoms with Gasteiger partial charge >= 0.3 is 0 Å². The summed E-state index contributed by atoms with van der Waals surface area (Å²) in [7, 11) is -4.01. The number of aromatic nitrogens is 2. The molecule has 2 aliphatic heterocycles. The summed E-state index contributed by atoms with van der Waals surface area (Å²) >= 11 is 0. The lowest BCUT2D eigenvalue weighted by Crippen LogP contribution is -2.32. The second-order valence-electron chi connectivity index (χ2n) is 9.43. The summed E-state index contributed by atoms with van der Waals surface area (Å²) < 4.78 is 35.2. The Bertz CT molecular complexity index is 1370. The topological polar surface area (TPSA) is 90.3 Å². The van der Waals surface area contributed by atoms with E-state index in [0.29, 0.717) is 13.2 Å². The zero-order valence-corrected chi connectivity index (χ0v) is 21.1. The quantitative estimate of drug-likeness (QED) is 0.563. The Hall–Kier alpha value is -2.97. The molecule has 0 atom stereocenters. The van der Waals surface area contributed by atoms with Crippen molar-refractivity contribution in [3.05, 3.63) is 69.9 Å². The second-order valence-corrected chi connectivity index (χ2v) is 11.1. The first-order valence-electron chi connectivity index (χ1n) is 12.3. The third-order valence-corrected chi connectivity index (χ3v) is 8.26. The number of hydrogen-bond donors (Lipinski definition) is 1. The van der Waals surface area contributed by atoms with Crippen molar-refractivity contribution in [1.29, 1.82) is 0 Å². The molecule has 0 aliphatic carbocycles. The molecule has 3 heterocycles. The molecule has 0 spiro atoms. The minimum absolute atomic E-state index is 0.000109. The molecular formula is C27H31N3O4S. The summed E-state index contributed by atoms with van der Waals surface area (Å²) in [4.78, 5) is 12.8. The molecule has 7 nitrogen and oxygen atoms in total. The van der Waals surface area contributed by atoms with Crippen LogP contribution in [0.15, 0.2) is 41.4 Å². The standard InChI is InChI=1S/C27H31N3O4S/c1-3-19-13-22(21-8-7-20-9-11-34-17-23(20)14-21)12-18(2)25(19)16-26(31)29-35(32,33)27-15-24-6-4-5-10-30(24)28-27/h7-8,12-15H,3-6,9-11,16-17H2,1-2H3,(H,29,31). The van der Waals surface area contributed by atoms with Gasteiger partial charge in [0.1, 0.15) is 0 Å². The predicted octanol–water partition coefficient (Wildman–Crippen LogP) is 3.88. The molecule has 2 aromatic carbocycles. The Morgan fingerprint density at radius 2 is 1.94 bits per heavy atom. The van der Waals surface area contributed by atoms with Crippen molar-refractivity contribution in [2.75, 3.05) is 6.61 Å². The highest BCUT2D eigenvalue weighted by molar-refractivity contribution is 7.90. The molecule has 3 aromatic rings. The highest BCUT2D eigenvalue weighted by Crippen LogP contribution is 2.30. The summed E-state index contributed by atoms with van der Waals surface area (Å²) in [6.45, 7) is 6.13. The van der Waals surface area contributed by atoms with Crippen molar-refractivity contribution in [2.45, 2.75) is 70.6 Å². The van der Waals surface area contributed by atoms with Gasteiger partial charge in [0.05, 0.1) is 19.6 Å². The van der Waals surface area contributed by atoms with Crippen molar-refractivity contribution in [3.8, 4) is 11.1 Å². The number of amides is 1. The van der Waals surface area contributed by atoms with Gasteiger partial charge < -0.3 is 4.74 Å². The maximum Gasteiger partial charge on any atom is 0.283 e. The van der Waals surface area contributed by atoms with Gasteiger partial charge in [-0.2, -0.15) is 13.5 Å². The van der Waals surface area contributed by atoms with E-state index >= 15 is 0 Å². The van der Waals surface area contributed by atoms with E-state index in [4.69, 9.17) is 4.74 Å². The molecule has 0 saturated heterocycles. The van der Waals surface area contributed by atoms with Crippen LogP contribution in [0.1, 0.15) is 53.3 Å². The van der Waals surface area contributed by atoms with Gasteiger partial charge in [-0.15, -0.1) is 0 Å². The Morgan fingerprint density at radius 1 is 1.09 bits per heavy atom. The zero-order valence-electron chi connectivity index (χ0n) is 20.3. The lowest BCUT2D eigenvalue weighted by Gasteiger charge is -2.19. The van der Waals surface area contributed by atoms with E-state index in [2.05, 4.69) is 40.2 Å².